The third-order valence-electron chi connectivity index (χ3n) is 4.02. The molecule has 120 valence electrons. The molecule has 4 nitrogen and oxygen atoms in total. The lowest BCUT2D eigenvalue weighted by atomic mass is 9.85. The summed E-state index contributed by atoms with van der Waals surface area (Å²) in [4.78, 5) is 0. The van der Waals surface area contributed by atoms with Gasteiger partial charge in [-0.1, -0.05) is 51.1 Å². The molecular weight excluding hydrogens is 268 g/mol. The van der Waals surface area contributed by atoms with Gasteiger partial charge in [0.15, 0.2) is 0 Å². The Morgan fingerprint density at radius 3 is 2.10 bits per heavy atom. The van der Waals surface area contributed by atoms with E-state index < -0.39 is 12.2 Å². The zero-order chi connectivity index (χ0) is 15.8. The molecule has 0 aliphatic rings. The molecule has 4 heteroatoms. The minimum Gasteiger partial charge on any atom is -0.396 e. The molecule has 21 heavy (non-hydrogen) atoms. The van der Waals surface area contributed by atoms with E-state index in [-0.39, 0.29) is 24.4 Å². The van der Waals surface area contributed by atoms with Crippen molar-refractivity contribution in [2.75, 3.05) is 13.2 Å². The topological polar surface area (TPSA) is 69.9 Å². The Kier molecular flexibility index (Phi) is 7.89. The number of ether oxygens (including phenoxy) is 1. The number of aliphatic hydroxyl groups excluding tert-OH is 3. The second kappa shape index (κ2) is 9.15. The van der Waals surface area contributed by atoms with Crippen LogP contribution in [0.25, 0.3) is 0 Å². The molecule has 1 aromatic rings. The number of hydrogen-bond donors (Lipinski definition) is 3. The van der Waals surface area contributed by atoms with Gasteiger partial charge in [0.25, 0.3) is 0 Å². The number of aliphatic hydroxyl groups is 3. The molecule has 0 bridgehead atoms. The first-order valence-corrected chi connectivity index (χ1v) is 7.56. The van der Waals surface area contributed by atoms with Crippen LogP contribution in [0.3, 0.4) is 0 Å². The van der Waals surface area contributed by atoms with Crippen LogP contribution >= 0.6 is 0 Å². The van der Waals surface area contributed by atoms with Crippen molar-refractivity contribution in [3.05, 3.63) is 35.9 Å². The first-order valence-electron chi connectivity index (χ1n) is 7.56. The normalized spacial score (nSPS) is 18.8. The Morgan fingerprint density at radius 2 is 1.52 bits per heavy atom. The number of hydrogen-bond acceptors (Lipinski definition) is 4. The standard InChI is InChI=1S/C17H28O4/c1-12(9-18)16(19)14(3)17(20)13(2)10-21-11-15-7-5-4-6-8-15/h4-8,12-14,16-20H,9-11H2,1-3H3/t12-,13-,14-,16-,17+/m0/s1. The maximum absolute atomic E-state index is 10.3. The molecule has 5 atom stereocenters. The predicted octanol–water partition coefficient (Wildman–Crippen LogP) is 1.83. The van der Waals surface area contributed by atoms with Crippen LogP contribution < -0.4 is 0 Å². The van der Waals surface area contributed by atoms with Crippen molar-refractivity contribution < 1.29 is 20.1 Å². The highest BCUT2D eigenvalue weighted by Crippen LogP contribution is 2.21. The van der Waals surface area contributed by atoms with Crippen molar-refractivity contribution in [1.29, 1.82) is 0 Å². The van der Waals surface area contributed by atoms with Gasteiger partial charge in [-0.15, -0.1) is 0 Å². The quantitative estimate of drug-likeness (QED) is 0.650. The summed E-state index contributed by atoms with van der Waals surface area (Å²) in [7, 11) is 0. The fourth-order valence-electron chi connectivity index (χ4n) is 2.38. The lowest BCUT2D eigenvalue weighted by Crippen LogP contribution is -2.39. The van der Waals surface area contributed by atoms with E-state index in [1.807, 2.05) is 37.3 Å². The summed E-state index contributed by atoms with van der Waals surface area (Å²) in [6.07, 6.45) is -1.38. The summed E-state index contributed by atoms with van der Waals surface area (Å²) in [6.45, 7) is 6.34. The van der Waals surface area contributed by atoms with Gasteiger partial charge in [0.1, 0.15) is 0 Å². The third-order valence-corrected chi connectivity index (χ3v) is 4.02. The molecule has 0 amide bonds. The van der Waals surface area contributed by atoms with Gasteiger partial charge < -0.3 is 20.1 Å². The van der Waals surface area contributed by atoms with E-state index in [1.54, 1.807) is 13.8 Å². The van der Waals surface area contributed by atoms with Crippen LogP contribution in [0.5, 0.6) is 0 Å². The molecule has 3 N–H and O–H groups in total. The Hall–Kier alpha value is -0.940. The van der Waals surface area contributed by atoms with Crippen LogP contribution in [0.1, 0.15) is 26.3 Å². The van der Waals surface area contributed by atoms with Gasteiger partial charge in [-0.05, 0) is 5.56 Å². The largest absolute Gasteiger partial charge is 0.396 e. The van der Waals surface area contributed by atoms with Crippen molar-refractivity contribution in [2.45, 2.75) is 39.6 Å². The average molecular weight is 296 g/mol. The highest BCUT2D eigenvalue weighted by Gasteiger charge is 2.30. The molecule has 0 aromatic heterocycles. The monoisotopic (exact) mass is 296 g/mol. The van der Waals surface area contributed by atoms with Gasteiger partial charge in [-0.3, -0.25) is 0 Å². The maximum atomic E-state index is 10.3. The SMILES string of the molecule is C[C@@H]([C@@H](O)[C@@H](C)CO)[C@H](O)[C@@H](C)COCc1ccccc1. The lowest BCUT2D eigenvalue weighted by Gasteiger charge is -2.31. The van der Waals surface area contributed by atoms with E-state index >= 15 is 0 Å². The second-order valence-corrected chi connectivity index (χ2v) is 5.98. The van der Waals surface area contributed by atoms with Crippen LogP contribution in [-0.4, -0.2) is 40.7 Å². The van der Waals surface area contributed by atoms with Crippen LogP contribution in [0, 0.1) is 17.8 Å². The third kappa shape index (κ3) is 5.75. The summed E-state index contributed by atoms with van der Waals surface area (Å²) in [6, 6.07) is 9.88. The Labute approximate surface area is 127 Å². The smallest absolute Gasteiger partial charge is 0.0717 e. The molecule has 0 saturated heterocycles. The molecule has 0 unspecified atom stereocenters. The van der Waals surface area contributed by atoms with E-state index in [2.05, 4.69) is 0 Å². The van der Waals surface area contributed by atoms with Gasteiger partial charge in [-0.2, -0.15) is 0 Å². The molecule has 0 spiro atoms. The van der Waals surface area contributed by atoms with Gasteiger partial charge >= 0.3 is 0 Å². The minimum absolute atomic E-state index is 0.0794. The average Bonchev–Trinajstić information content (AvgIpc) is 2.52. The fourth-order valence-corrected chi connectivity index (χ4v) is 2.38. The van der Waals surface area contributed by atoms with Crippen LogP contribution in [0.4, 0.5) is 0 Å². The highest BCUT2D eigenvalue weighted by atomic mass is 16.5. The van der Waals surface area contributed by atoms with E-state index in [9.17, 15) is 10.2 Å². The summed E-state index contributed by atoms with van der Waals surface area (Å²) in [5.41, 5.74) is 1.10. The molecule has 0 aliphatic carbocycles. The minimum atomic E-state index is -0.721. The Bertz CT molecular complexity index is 382. The molecule has 0 fully saturated rings. The first-order chi connectivity index (χ1) is 9.97. The zero-order valence-corrected chi connectivity index (χ0v) is 13.1. The summed E-state index contributed by atoms with van der Waals surface area (Å²) >= 11 is 0. The van der Waals surface area contributed by atoms with Crippen molar-refractivity contribution in [1.82, 2.24) is 0 Å². The first kappa shape index (κ1) is 18.1. The molecule has 1 rings (SSSR count). The van der Waals surface area contributed by atoms with Crippen molar-refractivity contribution in [3.8, 4) is 0 Å². The summed E-state index contributed by atoms with van der Waals surface area (Å²) in [5.74, 6) is -0.626. The molecule has 0 saturated carbocycles. The van der Waals surface area contributed by atoms with E-state index in [0.29, 0.717) is 13.2 Å². The van der Waals surface area contributed by atoms with Gasteiger partial charge in [0, 0.05) is 24.4 Å². The van der Waals surface area contributed by atoms with Crippen LogP contribution in [0.2, 0.25) is 0 Å². The fraction of sp³-hybridized carbons (Fsp3) is 0.647. The zero-order valence-electron chi connectivity index (χ0n) is 13.1. The highest BCUT2D eigenvalue weighted by molar-refractivity contribution is 5.13. The van der Waals surface area contributed by atoms with Gasteiger partial charge in [-0.25, -0.2) is 0 Å². The second-order valence-electron chi connectivity index (χ2n) is 5.98. The van der Waals surface area contributed by atoms with Crippen molar-refractivity contribution >= 4 is 0 Å². The lowest BCUT2D eigenvalue weighted by molar-refractivity contribution is -0.0556. The Morgan fingerprint density at radius 1 is 0.952 bits per heavy atom. The summed E-state index contributed by atoms with van der Waals surface area (Å²) < 4.78 is 5.63. The van der Waals surface area contributed by atoms with Gasteiger partial charge in [0.05, 0.1) is 25.4 Å². The van der Waals surface area contributed by atoms with E-state index in [4.69, 9.17) is 9.84 Å². The molecular formula is C17H28O4. The molecule has 0 aliphatic heterocycles. The molecule has 0 radical (unpaired) electrons. The number of rotatable bonds is 9. The molecule has 0 heterocycles. The molecule has 1 aromatic carbocycles. The van der Waals surface area contributed by atoms with E-state index in [0.717, 1.165) is 5.56 Å². The van der Waals surface area contributed by atoms with Crippen LogP contribution in [0.15, 0.2) is 30.3 Å². The predicted molar refractivity (Wildman–Crippen MR) is 82.7 cm³/mol. The van der Waals surface area contributed by atoms with Crippen LogP contribution in [-0.2, 0) is 11.3 Å². The van der Waals surface area contributed by atoms with Crippen molar-refractivity contribution in [2.24, 2.45) is 17.8 Å². The number of benzene rings is 1. The van der Waals surface area contributed by atoms with Gasteiger partial charge in [0.2, 0.25) is 0 Å². The maximum Gasteiger partial charge on any atom is 0.0717 e. The summed E-state index contributed by atoms with van der Waals surface area (Å²) in [5, 5.41) is 29.4. The van der Waals surface area contributed by atoms with Crippen molar-refractivity contribution in [3.63, 3.8) is 0 Å². The van der Waals surface area contributed by atoms with E-state index in [1.165, 1.54) is 0 Å². The Balaban J connectivity index is 2.38.